The van der Waals surface area contributed by atoms with Crippen molar-refractivity contribution in [2.24, 2.45) is 12.8 Å². The maximum absolute atomic E-state index is 11.4. The molecule has 0 atom stereocenters. The lowest BCUT2D eigenvalue weighted by Gasteiger charge is -2.05. The van der Waals surface area contributed by atoms with E-state index in [1.54, 1.807) is 13.2 Å². The van der Waals surface area contributed by atoms with Crippen molar-refractivity contribution in [3.05, 3.63) is 22.7 Å². The number of primary amides is 1. The number of carbonyl (C=O) groups is 1. The smallest absolute Gasteiger partial charge is 0.312 e. The van der Waals surface area contributed by atoms with Crippen molar-refractivity contribution in [3.8, 4) is 0 Å². The Labute approximate surface area is 86.3 Å². The number of aryl methyl sites for hydroxylation is 1. The number of anilines is 1. The quantitative estimate of drug-likeness (QED) is 0.548. The van der Waals surface area contributed by atoms with Gasteiger partial charge in [0, 0.05) is 32.5 Å². The van der Waals surface area contributed by atoms with E-state index < -0.39 is 6.03 Å². The van der Waals surface area contributed by atoms with Crippen molar-refractivity contribution in [2.75, 3.05) is 18.4 Å². The Bertz CT molecular complexity index is 400. The minimum atomic E-state index is -0.592. The van der Waals surface area contributed by atoms with Gasteiger partial charge in [-0.1, -0.05) is 0 Å². The summed E-state index contributed by atoms with van der Waals surface area (Å²) in [7, 11) is 1.64. The highest BCUT2D eigenvalue weighted by Crippen LogP contribution is 1.89. The molecule has 2 amide bonds. The number of hydrogen-bond acceptors (Lipinski definition) is 4. The van der Waals surface area contributed by atoms with Crippen LogP contribution in [0.5, 0.6) is 0 Å². The number of nitrogens with two attached hydrogens (primary N) is 1. The van der Waals surface area contributed by atoms with Crippen LogP contribution in [-0.2, 0) is 7.05 Å². The van der Waals surface area contributed by atoms with Crippen molar-refractivity contribution in [3.63, 3.8) is 0 Å². The van der Waals surface area contributed by atoms with Gasteiger partial charge in [0.15, 0.2) is 5.82 Å². The number of urea groups is 1. The first-order valence-corrected chi connectivity index (χ1v) is 4.40. The molecule has 1 rings (SSSR count). The molecule has 82 valence electrons. The summed E-state index contributed by atoms with van der Waals surface area (Å²) in [5, 5.41) is 5.18. The standard InChI is InChI=1S/C8H13N5O2/c1-13-5-4-11-6(7(13)14)10-2-3-12-8(9)15/h4-5H,2-3H2,1H3,(H,10,11)(H3,9,12,15). The third-order valence-corrected chi connectivity index (χ3v) is 1.73. The van der Waals surface area contributed by atoms with Gasteiger partial charge < -0.3 is 20.9 Å². The van der Waals surface area contributed by atoms with Gasteiger partial charge in [-0.05, 0) is 0 Å². The molecule has 4 N–H and O–H groups in total. The lowest BCUT2D eigenvalue weighted by Crippen LogP contribution is -2.34. The van der Waals surface area contributed by atoms with Gasteiger partial charge in [0.2, 0.25) is 0 Å². The van der Waals surface area contributed by atoms with Crippen molar-refractivity contribution < 1.29 is 4.79 Å². The van der Waals surface area contributed by atoms with Gasteiger partial charge in [-0.15, -0.1) is 0 Å². The van der Waals surface area contributed by atoms with E-state index >= 15 is 0 Å². The Morgan fingerprint density at radius 3 is 3.00 bits per heavy atom. The summed E-state index contributed by atoms with van der Waals surface area (Å²) in [5.41, 5.74) is 4.66. The average molecular weight is 211 g/mol. The molecule has 1 heterocycles. The second-order valence-electron chi connectivity index (χ2n) is 2.91. The number of carbonyl (C=O) groups excluding carboxylic acids is 1. The topological polar surface area (TPSA) is 102 Å². The van der Waals surface area contributed by atoms with E-state index in [-0.39, 0.29) is 11.4 Å². The summed E-state index contributed by atoms with van der Waals surface area (Å²) in [5.74, 6) is 0.256. The molecule has 1 aromatic heterocycles. The zero-order valence-electron chi connectivity index (χ0n) is 8.36. The summed E-state index contributed by atoms with van der Waals surface area (Å²) in [6.45, 7) is 0.740. The third kappa shape index (κ3) is 3.29. The number of hydrogen-bond donors (Lipinski definition) is 3. The fourth-order valence-electron chi connectivity index (χ4n) is 0.986. The lowest BCUT2D eigenvalue weighted by molar-refractivity contribution is 0.249. The fraction of sp³-hybridized carbons (Fsp3) is 0.375. The molecule has 0 aliphatic rings. The molecule has 0 aliphatic carbocycles. The lowest BCUT2D eigenvalue weighted by atomic mass is 10.5. The van der Waals surface area contributed by atoms with Crippen LogP contribution in [0.15, 0.2) is 17.2 Å². The number of nitrogens with zero attached hydrogens (tertiary/aromatic N) is 2. The van der Waals surface area contributed by atoms with Crippen molar-refractivity contribution in [2.45, 2.75) is 0 Å². The molecule has 0 aromatic carbocycles. The van der Waals surface area contributed by atoms with Gasteiger partial charge in [-0.3, -0.25) is 4.79 Å². The van der Waals surface area contributed by atoms with Crippen LogP contribution >= 0.6 is 0 Å². The molecule has 0 fully saturated rings. The number of rotatable bonds is 4. The first-order chi connectivity index (χ1) is 7.11. The highest BCUT2D eigenvalue weighted by Gasteiger charge is 2.00. The molecule has 7 heteroatoms. The minimum Gasteiger partial charge on any atom is -0.364 e. The molecular formula is C8H13N5O2. The molecular weight excluding hydrogens is 198 g/mol. The predicted molar refractivity (Wildman–Crippen MR) is 55.6 cm³/mol. The second kappa shape index (κ2) is 4.99. The zero-order chi connectivity index (χ0) is 11.3. The van der Waals surface area contributed by atoms with E-state index in [1.165, 1.54) is 10.8 Å². The van der Waals surface area contributed by atoms with Crippen molar-refractivity contribution in [1.29, 1.82) is 0 Å². The predicted octanol–water partition coefficient (Wildman–Crippen LogP) is -1.14. The van der Waals surface area contributed by atoms with Crippen LogP contribution in [0.1, 0.15) is 0 Å². The molecule has 0 saturated heterocycles. The summed E-state index contributed by atoms with van der Waals surface area (Å²) >= 11 is 0. The highest BCUT2D eigenvalue weighted by atomic mass is 16.2. The van der Waals surface area contributed by atoms with Crippen LogP contribution in [0, 0.1) is 0 Å². The van der Waals surface area contributed by atoms with Gasteiger partial charge in [-0.25, -0.2) is 9.78 Å². The Balaban J connectivity index is 2.48. The monoisotopic (exact) mass is 211 g/mol. The van der Waals surface area contributed by atoms with E-state index in [2.05, 4.69) is 15.6 Å². The largest absolute Gasteiger partial charge is 0.364 e. The Kier molecular flexibility index (Phi) is 3.67. The first-order valence-electron chi connectivity index (χ1n) is 4.40. The zero-order valence-corrected chi connectivity index (χ0v) is 8.36. The Morgan fingerprint density at radius 1 is 1.60 bits per heavy atom. The van der Waals surface area contributed by atoms with E-state index in [4.69, 9.17) is 5.73 Å². The van der Waals surface area contributed by atoms with Crippen molar-refractivity contribution in [1.82, 2.24) is 14.9 Å². The minimum absolute atomic E-state index is 0.212. The average Bonchev–Trinajstić information content (AvgIpc) is 2.18. The fourth-order valence-corrected chi connectivity index (χ4v) is 0.986. The summed E-state index contributed by atoms with van der Waals surface area (Å²) in [6, 6.07) is -0.592. The molecule has 1 aromatic rings. The normalized spacial score (nSPS) is 9.67. The highest BCUT2D eigenvalue weighted by molar-refractivity contribution is 5.71. The van der Waals surface area contributed by atoms with Crippen molar-refractivity contribution >= 4 is 11.8 Å². The summed E-state index contributed by atoms with van der Waals surface area (Å²) in [4.78, 5) is 25.6. The van der Waals surface area contributed by atoms with Crippen LogP contribution in [0.3, 0.4) is 0 Å². The van der Waals surface area contributed by atoms with E-state index in [0.29, 0.717) is 13.1 Å². The third-order valence-electron chi connectivity index (χ3n) is 1.73. The molecule has 0 saturated carbocycles. The van der Waals surface area contributed by atoms with Gasteiger partial charge in [-0.2, -0.15) is 0 Å². The maximum Gasteiger partial charge on any atom is 0.312 e. The molecule has 0 unspecified atom stereocenters. The number of nitrogens with one attached hydrogen (secondary N) is 2. The van der Waals surface area contributed by atoms with E-state index in [1.807, 2.05) is 0 Å². The van der Waals surface area contributed by atoms with Crippen LogP contribution < -0.4 is 21.9 Å². The van der Waals surface area contributed by atoms with Crippen LogP contribution in [0.25, 0.3) is 0 Å². The van der Waals surface area contributed by atoms with E-state index in [9.17, 15) is 9.59 Å². The Hall–Kier alpha value is -2.05. The second-order valence-corrected chi connectivity index (χ2v) is 2.91. The summed E-state index contributed by atoms with van der Waals surface area (Å²) in [6.07, 6.45) is 3.08. The van der Waals surface area contributed by atoms with Gasteiger partial charge >= 0.3 is 6.03 Å². The van der Waals surface area contributed by atoms with E-state index in [0.717, 1.165) is 0 Å². The number of aromatic nitrogens is 2. The van der Waals surface area contributed by atoms with Gasteiger partial charge in [0.05, 0.1) is 0 Å². The molecule has 0 radical (unpaired) electrons. The molecule has 7 nitrogen and oxygen atoms in total. The maximum atomic E-state index is 11.4. The van der Waals surface area contributed by atoms with Crippen LogP contribution in [0.2, 0.25) is 0 Å². The van der Waals surface area contributed by atoms with Gasteiger partial charge in [0.1, 0.15) is 0 Å². The molecule has 0 spiro atoms. The van der Waals surface area contributed by atoms with Crippen LogP contribution in [0.4, 0.5) is 10.6 Å². The molecule has 15 heavy (non-hydrogen) atoms. The molecule has 0 bridgehead atoms. The van der Waals surface area contributed by atoms with Crippen LogP contribution in [-0.4, -0.2) is 28.7 Å². The summed E-state index contributed by atoms with van der Waals surface area (Å²) < 4.78 is 1.41. The Morgan fingerprint density at radius 2 is 2.33 bits per heavy atom. The first kappa shape index (κ1) is 11.0. The van der Waals surface area contributed by atoms with Gasteiger partial charge in [0.25, 0.3) is 5.56 Å². The SMILES string of the molecule is Cn1ccnc(NCCNC(N)=O)c1=O. The number of amides is 2. The molecule has 0 aliphatic heterocycles.